The molecule has 0 aliphatic carbocycles. The van der Waals surface area contributed by atoms with Crippen molar-refractivity contribution in [3.05, 3.63) is 70.6 Å². The molecule has 10 heteroatoms. The normalized spacial score (nSPS) is 15.9. The maximum Gasteiger partial charge on any atom is 0.573 e. The average molecular weight is 464 g/mol. The summed E-state index contributed by atoms with van der Waals surface area (Å²) in [6, 6.07) is 12.5. The highest BCUT2D eigenvalue weighted by Crippen LogP contribution is 2.37. The maximum absolute atomic E-state index is 13.0. The zero-order chi connectivity index (χ0) is 22.3. The number of aromatic nitrogens is 1. The molecule has 0 spiro atoms. The van der Waals surface area contributed by atoms with Gasteiger partial charge in [-0.15, -0.1) is 13.2 Å². The van der Waals surface area contributed by atoms with Crippen molar-refractivity contribution in [2.45, 2.75) is 20.2 Å². The Morgan fingerprint density at radius 3 is 2.42 bits per heavy atom. The van der Waals surface area contributed by atoms with Crippen molar-refractivity contribution in [3.63, 3.8) is 0 Å². The lowest BCUT2D eigenvalue weighted by molar-refractivity contribution is -0.274. The second-order valence-electron chi connectivity index (χ2n) is 6.67. The molecule has 0 N–H and O–H groups in total. The van der Waals surface area contributed by atoms with Gasteiger partial charge in [-0.2, -0.15) is 5.01 Å². The number of aryl methyl sites for hydroxylation is 2. The van der Waals surface area contributed by atoms with E-state index in [1.165, 1.54) is 35.4 Å². The number of carbonyl (C=O) groups is 1. The van der Waals surface area contributed by atoms with Gasteiger partial charge in [-0.05, 0) is 62.5 Å². The van der Waals surface area contributed by atoms with Crippen LogP contribution < -0.4 is 9.75 Å². The van der Waals surface area contributed by atoms with Crippen molar-refractivity contribution in [1.82, 2.24) is 4.68 Å². The number of amides is 1. The standard InChI is InChI=1S/C21H15F3N2O3S2/c1-12-7-8-13(2)25(12)26-19(27)18(31-20(26)30)11-14-9-10-16(28-14)15-5-3-4-6-17(15)29-21(22,23)24/h3-11H,1-2H3/b18-11+. The van der Waals surface area contributed by atoms with Gasteiger partial charge in [0.1, 0.15) is 17.3 Å². The van der Waals surface area contributed by atoms with Crippen molar-refractivity contribution in [3.8, 4) is 17.1 Å². The molecule has 0 atom stereocenters. The predicted molar refractivity (Wildman–Crippen MR) is 116 cm³/mol. The van der Waals surface area contributed by atoms with Gasteiger partial charge in [0.05, 0.1) is 10.5 Å². The third-order valence-electron chi connectivity index (χ3n) is 4.49. The fourth-order valence-electron chi connectivity index (χ4n) is 3.20. The van der Waals surface area contributed by atoms with Crippen molar-refractivity contribution in [1.29, 1.82) is 0 Å². The molecule has 3 aromatic rings. The van der Waals surface area contributed by atoms with Crippen LogP contribution >= 0.6 is 24.0 Å². The van der Waals surface area contributed by atoms with Gasteiger partial charge in [-0.1, -0.05) is 23.9 Å². The Labute approximate surface area is 185 Å². The van der Waals surface area contributed by atoms with E-state index in [1.54, 1.807) is 16.8 Å². The molecule has 1 amide bonds. The summed E-state index contributed by atoms with van der Waals surface area (Å²) in [6.45, 7) is 3.74. The van der Waals surface area contributed by atoms with Crippen LogP contribution in [0.1, 0.15) is 17.1 Å². The molecule has 0 radical (unpaired) electrons. The van der Waals surface area contributed by atoms with Crippen LogP contribution in [0.5, 0.6) is 5.75 Å². The molecule has 0 unspecified atom stereocenters. The summed E-state index contributed by atoms with van der Waals surface area (Å²) in [5, 5.41) is 1.41. The van der Waals surface area contributed by atoms with Gasteiger partial charge in [-0.25, -0.2) is 0 Å². The van der Waals surface area contributed by atoms with Crippen LogP contribution in [0.2, 0.25) is 0 Å². The monoisotopic (exact) mass is 464 g/mol. The summed E-state index contributed by atoms with van der Waals surface area (Å²) in [7, 11) is 0. The van der Waals surface area contributed by atoms with Crippen LogP contribution in [0.4, 0.5) is 13.2 Å². The summed E-state index contributed by atoms with van der Waals surface area (Å²) in [4.78, 5) is 13.3. The minimum atomic E-state index is -4.83. The fourth-order valence-corrected chi connectivity index (χ4v) is 4.42. The molecule has 0 bridgehead atoms. The number of thiocarbonyl (C=S) groups is 1. The van der Waals surface area contributed by atoms with Crippen molar-refractivity contribution in [2.75, 3.05) is 5.01 Å². The highest BCUT2D eigenvalue weighted by atomic mass is 32.2. The number of ether oxygens (including phenoxy) is 1. The van der Waals surface area contributed by atoms with E-state index in [4.69, 9.17) is 16.6 Å². The Morgan fingerprint density at radius 2 is 1.74 bits per heavy atom. The number of benzene rings is 1. The van der Waals surface area contributed by atoms with Gasteiger partial charge in [0.15, 0.2) is 4.32 Å². The average Bonchev–Trinajstić information content (AvgIpc) is 3.35. The lowest BCUT2D eigenvalue weighted by Crippen LogP contribution is -2.39. The molecular weight excluding hydrogens is 449 g/mol. The molecule has 1 aliphatic heterocycles. The lowest BCUT2D eigenvalue weighted by atomic mass is 10.1. The number of nitrogens with zero attached hydrogens (tertiary/aromatic N) is 2. The van der Waals surface area contributed by atoms with E-state index in [2.05, 4.69) is 4.74 Å². The van der Waals surface area contributed by atoms with E-state index in [1.807, 2.05) is 26.0 Å². The Bertz CT molecular complexity index is 1190. The van der Waals surface area contributed by atoms with Crippen LogP contribution in [0, 0.1) is 13.8 Å². The molecule has 31 heavy (non-hydrogen) atoms. The molecular formula is C21H15F3N2O3S2. The number of alkyl halides is 3. The van der Waals surface area contributed by atoms with Gasteiger partial charge in [0.25, 0.3) is 5.91 Å². The first-order valence-electron chi connectivity index (χ1n) is 9.02. The highest BCUT2D eigenvalue weighted by molar-refractivity contribution is 8.27. The number of hydrogen-bond acceptors (Lipinski definition) is 5. The van der Waals surface area contributed by atoms with Crippen LogP contribution in [0.15, 0.2) is 57.9 Å². The van der Waals surface area contributed by atoms with E-state index in [9.17, 15) is 18.0 Å². The van der Waals surface area contributed by atoms with E-state index >= 15 is 0 Å². The molecule has 3 heterocycles. The van der Waals surface area contributed by atoms with Crippen LogP contribution in [0.3, 0.4) is 0 Å². The van der Waals surface area contributed by atoms with Crippen molar-refractivity contribution in [2.24, 2.45) is 0 Å². The zero-order valence-electron chi connectivity index (χ0n) is 16.3. The number of para-hydroxylation sites is 1. The first-order chi connectivity index (χ1) is 14.6. The van der Waals surface area contributed by atoms with Gasteiger partial charge < -0.3 is 9.15 Å². The molecule has 2 aromatic heterocycles. The minimum Gasteiger partial charge on any atom is -0.457 e. The SMILES string of the molecule is Cc1ccc(C)n1N1C(=O)/C(=C\c2ccc(-c3ccccc3OC(F)(F)F)o2)SC1=S. The smallest absolute Gasteiger partial charge is 0.457 e. The molecule has 4 rings (SSSR count). The summed E-state index contributed by atoms with van der Waals surface area (Å²) in [5.74, 6) is -0.200. The second-order valence-corrected chi connectivity index (χ2v) is 8.34. The first kappa shape index (κ1) is 21.3. The summed E-state index contributed by atoms with van der Waals surface area (Å²) >= 11 is 6.50. The summed E-state index contributed by atoms with van der Waals surface area (Å²) < 4.78 is 49.9. The number of rotatable bonds is 4. The Kier molecular flexibility index (Phi) is 5.44. The van der Waals surface area contributed by atoms with Crippen LogP contribution in [-0.4, -0.2) is 21.3 Å². The van der Waals surface area contributed by atoms with Gasteiger partial charge in [0, 0.05) is 17.5 Å². The number of halogens is 3. The van der Waals surface area contributed by atoms with E-state index < -0.39 is 6.36 Å². The first-order valence-corrected chi connectivity index (χ1v) is 10.2. The number of furan rings is 1. The third-order valence-corrected chi connectivity index (χ3v) is 5.77. The molecule has 0 saturated carbocycles. The van der Waals surface area contributed by atoms with E-state index in [0.29, 0.717) is 15.0 Å². The van der Waals surface area contributed by atoms with Crippen molar-refractivity contribution < 1.29 is 27.1 Å². The second kappa shape index (κ2) is 7.93. The molecule has 1 fully saturated rings. The Hall–Kier alpha value is -2.98. The van der Waals surface area contributed by atoms with E-state index in [-0.39, 0.29) is 23.0 Å². The van der Waals surface area contributed by atoms with Gasteiger partial charge in [0.2, 0.25) is 0 Å². The quantitative estimate of drug-likeness (QED) is 0.361. The van der Waals surface area contributed by atoms with Gasteiger partial charge in [-0.3, -0.25) is 9.47 Å². The van der Waals surface area contributed by atoms with E-state index in [0.717, 1.165) is 23.1 Å². The maximum atomic E-state index is 13.0. The summed E-state index contributed by atoms with van der Waals surface area (Å²) in [6.07, 6.45) is -3.31. The lowest BCUT2D eigenvalue weighted by Gasteiger charge is -2.20. The predicted octanol–water partition coefficient (Wildman–Crippen LogP) is 5.80. The number of hydrogen-bond donors (Lipinski definition) is 0. The largest absolute Gasteiger partial charge is 0.573 e. The Balaban J connectivity index is 1.63. The van der Waals surface area contributed by atoms with Gasteiger partial charge >= 0.3 is 6.36 Å². The minimum absolute atomic E-state index is 0.144. The Morgan fingerprint density at radius 1 is 1.06 bits per heavy atom. The molecule has 1 aromatic carbocycles. The number of carbonyl (C=O) groups excluding carboxylic acids is 1. The molecule has 160 valence electrons. The fraction of sp³-hybridized carbons (Fsp3) is 0.143. The third kappa shape index (κ3) is 4.26. The highest BCUT2D eigenvalue weighted by Gasteiger charge is 2.35. The molecule has 1 saturated heterocycles. The molecule has 1 aliphatic rings. The topological polar surface area (TPSA) is 47.6 Å². The van der Waals surface area contributed by atoms with Crippen molar-refractivity contribution >= 4 is 40.3 Å². The van der Waals surface area contributed by atoms with Crippen LogP contribution in [0.25, 0.3) is 17.4 Å². The molecule has 5 nitrogen and oxygen atoms in total. The summed E-state index contributed by atoms with van der Waals surface area (Å²) in [5.41, 5.74) is 1.86. The van der Waals surface area contributed by atoms with Crippen LogP contribution in [-0.2, 0) is 4.79 Å². The number of thioether (sulfide) groups is 1. The zero-order valence-corrected chi connectivity index (χ0v) is 17.9.